The summed E-state index contributed by atoms with van der Waals surface area (Å²) in [5.41, 5.74) is 5.68. The molecular weight excluding hydrogens is 442 g/mol. The molecule has 1 amide bonds. The molecule has 1 fully saturated rings. The van der Waals surface area contributed by atoms with Crippen LogP contribution >= 0.6 is 0 Å². The third-order valence-corrected chi connectivity index (χ3v) is 6.49. The summed E-state index contributed by atoms with van der Waals surface area (Å²) < 4.78 is 5.39. The van der Waals surface area contributed by atoms with Crippen LogP contribution < -0.4 is 9.64 Å². The van der Waals surface area contributed by atoms with Gasteiger partial charge in [0.15, 0.2) is 0 Å². The largest absolute Gasteiger partial charge is 0.507 e. The van der Waals surface area contributed by atoms with Crippen LogP contribution in [0.5, 0.6) is 5.75 Å². The maximum Gasteiger partial charge on any atom is 0.302 e. The van der Waals surface area contributed by atoms with Crippen molar-refractivity contribution in [2.75, 3.05) is 12.0 Å². The number of amides is 1. The molecule has 35 heavy (non-hydrogen) atoms. The third kappa shape index (κ3) is 3.75. The number of nitrogens with zero attached hydrogens (tertiary/aromatic N) is 2. The number of hydrogen-bond donors (Lipinski definition) is 2. The van der Waals surface area contributed by atoms with Gasteiger partial charge in [-0.1, -0.05) is 42.0 Å². The van der Waals surface area contributed by atoms with Crippen LogP contribution in [0, 0.1) is 20.8 Å². The molecule has 4 aromatic rings. The van der Waals surface area contributed by atoms with Crippen molar-refractivity contribution in [2.24, 2.45) is 0 Å². The number of aliphatic hydroxyl groups excluding tert-OH is 1. The number of carbonyl (C=O) groups is 2. The Morgan fingerprint density at radius 2 is 1.71 bits per heavy atom. The van der Waals surface area contributed by atoms with Crippen molar-refractivity contribution in [1.29, 1.82) is 0 Å². The lowest BCUT2D eigenvalue weighted by Crippen LogP contribution is -2.30. The van der Waals surface area contributed by atoms with Crippen LogP contribution in [0.2, 0.25) is 0 Å². The Balaban J connectivity index is 1.74. The lowest BCUT2D eigenvalue weighted by Gasteiger charge is -2.23. The average molecular weight is 468 g/mol. The maximum atomic E-state index is 13.4. The molecule has 0 radical (unpaired) electrons. The molecule has 1 atom stereocenters. The molecule has 0 spiro atoms. The van der Waals surface area contributed by atoms with Gasteiger partial charge in [-0.2, -0.15) is 0 Å². The molecule has 1 aliphatic rings. The van der Waals surface area contributed by atoms with E-state index in [1.807, 2.05) is 45.0 Å². The second kappa shape index (κ2) is 8.43. The van der Waals surface area contributed by atoms with E-state index in [1.54, 1.807) is 43.5 Å². The number of aliphatic hydroxyl groups is 1. The number of nitrogens with one attached hydrogen (secondary N) is 1. The maximum absolute atomic E-state index is 13.4. The summed E-state index contributed by atoms with van der Waals surface area (Å²) in [5.74, 6) is -0.966. The number of imidazole rings is 1. The van der Waals surface area contributed by atoms with Crippen molar-refractivity contribution in [3.05, 3.63) is 94.1 Å². The minimum Gasteiger partial charge on any atom is -0.507 e. The summed E-state index contributed by atoms with van der Waals surface area (Å²) in [7, 11) is 1.55. The van der Waals surface area contributed by atoms with Gasteiger partial charge in [-0.05, 0) is 61.7 Å². The number of fused-ring (bicyclic) bond motifs is 1. The van der Waals surface area contributed by atoms with E-state index in [-0.39, 0.29) is 17.3 Å². The molecule has 2 N–H and O–H groups in total. The molecule has 1 aliphatic heterocycles. The Morgan fingerprint density at radius 1 is 1.00 bits per heavy atom. The van der Waals surface area contributed by atoms with Crippen molar-refractivity contribution in [1.82, 2.24) is 9.97 Å². The first kappa shape index (κ1) is 22.4. The number of H-pyrrole nitrogens is 1. The van der Waals surface area contributed by atoms with Crippen LogP contribution in [0.3, 0.4) is 0 Å². The number of benzene rings is 3. The number of rotatable bonds is 4. The van der Waals surface area contributed by atoms with Crippen molar-refractivity contribution in [2.45, 2.75) is 26.8 Å². The quantitative estimate of drug-likeness (QED) is 0.247. The molecule has 3 aromatic carbocycles. The van der Waals surface area contributed by atoms with Gasteiger partial charge in [0.25, 0.3) is 5.78 Å². The van der Waals surface area contributed by atoms with Gasteiger partial charge in [-0.25, -0.2) is 4.98 Å². The average Bonchev–Trinajstić information content (AvgIpc) is 3.37. The zero-order valence-corrected chi connectivity index (χ0v) is 19.9. The smallest absolute Gasteiger partial charge is 0.302 e. The van der Waals surface area contributed by atoms with Gasteiger partial charge in [-0.3, -0.25) is 14.5 Å². The van der Waals surface area contributed by atoms with Crippen LogP contribution in [0.1, 0.15) is 33.9 Å². The predicted molar refractivity (Wildman–Crippen MR) is 135 cm³/mol. The molecule has 176 valence electrons. The van der Waals surface area contributed by atoms with Crippen LogP contribution in [0.25, 0.3) is 16.8 Å². The summed E-state index contributed by atoms with van der Waals surface area (Å²) in [4.78, 5) is 35.9. The van der Waals surface area contributed by atoms with E-state index >= 15 is 0 Å². The number of hydrogen-bond acceptors (Lipinski definition) is 5. The SMILES string of the molecule is COc1cccc(C2/C(=C(\O)c3ccc(C)cc3)C(=O)C(=O)N2c2nc3cc(C)c(C)cc3[nH]2)c1. The Morgan fingerprint density at radius 3 is 2.43 bits per heavy atom. The number of ketones is 1. The monoisotopic (exact) mass is 467 g/mol. The van der Waals surface area contributed by atoms with Crippen LogP contribution in [-0.2, 0) is 9.59 Å². The van der Waals surface area contributed by atoms with Gasteiger partial charge in [0.05, 0.1) is 29.8 Å². The van der Waals surface area contributed by atoms with Crippen molar-refractivity contribution in [3.8, 4) is 5.75 Å². The molecule has 0 saturated carbocycles. The van der Waals surface area contributed by atoms with E-state index in [9.17, 15) is 14.7 Å². The van der Waals surface area contributed by atoms with Gasteiger partial charge in [0.2, 0.25) is 5.95 Å². The number of aromatic amines is 1. The Hall–Kier alpha value is -4.39. The van der Waals surface area contributed by atoms with E-state index in [2.05, 4.69) is 9.97 Å². The number of aryl methyl sites for hydroxylation is 3. The lowest BCUT2D eigenvalue weighted by atomic mass is 9.95. The van der Waals surface area contributed by atoms with E-state index in [0.717, 1.165) is 22.2 Å². The normalized spacial score (nSPS) is 17.4. The number of anilines is 1. The number of Topliss-reactive ketones (excluding diaryl/α,β-unsaturated/α-hetero) is 1. The molecule has 1 unspecified atom stereocenters. The first-order valence-corrected chi connectivity index (χ1v) is 11.3. The van der Waals surface area contributed by atoms with Gasteiger partial charge in [-0.15, -0.1) is 0 Å². The van der Waals surface area contributed by atoms with E-state index < -0.39 is 17.7 Å². The van der Waals surface area contributed by atoms with E-state index in [4.69, 9.17) is 4.74 Å². The van der Waals surface area contributed by atoms with Crippen molar-refractivity contribution >= 4 is 34.4 Å². The second-order valence-corrected chi connectivity index (χ2v) is 8.83. The first-order chi connectivity index (χ1) is 16.8. The zero-order valence-electron chi connectivity index (χ0n) is 19.9. The molecule has 5 rings (SSSR count). The summed E-state index contributed by atoms with van der Waals surface area (Å²) >= 11 is 0. The van der Waals surface area contributed by atoms with Crippen LogP contribution in [0.4, 0.5) is 5.95 Å². The molecule has 2 heterocycles. The summed E-state index contributed by atoms with van der Waals surface area (Å²) in [6, 6.07) is 17.3. The molecule has 0 bridgehead atoms. The van der Waals surface area contributed by atoms with E-state index in [0.29, 0.717) is 22.4 Å². The summed E-state index contributed by atoms with van der Waals surface area (Å²) in [6.45, 7) is 5.93. The highest BCUT2D eigenvalue weighted by molar-refractivity contribution is 6.51. The lowest BCUT2D eigenvalue weighted by molar-refractivity contribution is -0.132. The molecule has 0 aliphatic carbocycles. The number of methoxy groups -OCH3 is 1. The number of aromatic nitrogens is 2. The third-order valence-electron chi connectivity index (χ3n) is 6.49. The summed E-state index contributed by atoms with van der Waals surface area (Å²) in [5, 5.41) is 11.3. The van der Waals surface area contributed by atoms with Crippen LogP contribution in [0.15, 0.2) is 66.2 Å². The Labute approximate surface area is 202 Å². The van der Waals surface area contributed by atoms with Gasteiger partial charge < -0.3 is 14.8 Å². The minimum atomic E-state index is -0.894. The minimum absolute atomic E-state index is 0.0000710. The Bertz CT molecular complexity index is 1480. The highest BCUT2D eigenvalue weighted by atomic mass is 16.5. The molecule has 1 saturated heterocycles. The standard InChI is InChI=1S/C28H25N3O4/c1-15-8-10-18(11-9-15)25(32)23-24(19-6-5-7-20(14-19)35-4)31(27(34)26(23)33)28-29-21-12-16(2)17(3)13-22(21)30-28/h5-14,24,32H,1-4H3,(H,29,30)/b25-23+. The van der Waals surface area contributed by atoms with Gasteiger partial charge in [0, 0.05) is 5.56 Å². The number of carbonyl (C=O) groups excluding carboxylic acids is 2. The molecule has 7 heteroatoms. The predicted octanol–water partition coefficient (Wildman–Crippen LogP) is 5.12. The van der Waals surface area contributed by atoms with Gasteiger partial charge in [0.1, 0.15) is 11.5 Å². The van der Waals surface area contributed by atoms with Gasteiger partial charge >= 0.3 is 5.91 Å². The number of ether oxygens (including phenoxy) is 1. The topological polar surface area (TPSA) is 95.5 Å². The highest BCUT2D eigenvalue weighted by Crippen LogP contribution is 2.42. The first-order valence-electron chi connectivity index (χ1n) is 11.3. The summed E-state index contributed by atoms with van der Waals surface area (Å²) in [6.07, 6.45) is 0. The molecule has 1 aromatic heterocycles. The second-order valence-electron chi connectivity index (χ2n) is 8.83. The van der Waals surface area contributed by atoms with Crippen molar-refractivity contribution < 1.29 is 19.4 Å². The van der Waals surface area contributed by atoms with E-state index in [1.165, 1.54) is 4.90 Å². The fourth-order valence-electron chi connectivity index (χ4n) is 4.42. The fraction of sp³-hybridized carbons (Fsp3) is 0.179. The zero-order chi connectivity index (χ0) is 24.9. The fourth-order valence-corrected chi connectivity index (χ4v) is 4.42. The Kier molecular flexibility index (Phi) is 5.40. The molecular formula is C28H25N3O4. The molecule has 7 nitrogen and oxygen atoms in total. The highest BCUT2D eigenvalue weighted by Gasteiger charge is 2.48. The van der Waals surface area contributed by atoms with Crippen molar-refractivity contribution in [3.63, 3.8) is 0 Å². The van der Waals surface area contributed by atoms with Crippen LogP contribution in [-0.4, -0.2) is 33.9 Å².